The van der Waals surface area contributed by atoms with E-state index in [1.165, 1.54) is 23.5 Å². The van der Waals surface area contributed by atoms with Crippen molar-refractivity contribution in [1.82, 2.24) is 4.31 Å². The van der Waals surface area contributed by atoms with Crippen molar-refractivity contribution in [3.05, 3.63) is 23.2 Å². The maximum Gasteiger partial charge on any atom is 0.247 e. The molecule has 1 aromatic carbocycles. The van der Waals surface area contributed by atoms with E-state index in [0.717, 1.165) is 0 Å². The van der Waals surface area contributed by atoms with Gasteiger partial charge in [-0.05, 0) is 31.9 Å². The smallest absolute Gasteiger partial charge is 0.247 e. The summed E-state index contributed by atoms with van der Waals surface area (Å²) in [5, 5.41) is 0.439. The van der Waals surface area contributed by atoms with Crippen LogP contribution < -0.4 is 10.5 Å². The zero-order chi connectivity index (χ0) is 14.9. The van der Waals surface area contributed by atoms with Gasteiger partial charge in [0.05, 0.1) is 7.11 Å². The maximum absolute atomic E-state index is 12.8. The first-order chi connectivity index (χ1) is 9.36. The average molecular weight is 319 g/mol. The second-order valence-electron chi connectivity index (χ2n) is 5.04. The van der Waals surface area contributed by atoms with E-state index in [1.54, 1.807) is 6.07 Å². The van der Waals surface area contributed by atoms with Gasteiger partial charge in [-0.15, -0.1) is 0 Å². The van der Waals surface area contributed by atoms with E-state index in [9.17, 15) is 8.42 Å². The van der Waals surface area contributed by atoms with Gasteiger partial charge in [0.2, 0.25) is 10.0 Å². The van der Waals surface area contributed by atoms with E-state index in [2.05, 4.69) is 0 Å². The van der Waals surface area contributed by atoms with Crippen molar-refractivity contribution < 1.29 is 13.2 Å². The molecular formula is C13H19ClN2O3S. The summed E-state index contributed by atoms with van der Waals surface area (Å²) in [5.74, 6) is 0.263. The highest BCUT2D eigenvalue weighted by atomic mass is 35.5. The summed E-state index contributed by atoms with van der Waals surface area (Å²) >= 11 is 5.87. The predicted molar refractivity (Wildman–Crippen MR) is 78.6 cm³/mol. The van der Waals surface area contributed by atoms with E-state index in [-0.39, 0.29) is 22.7 Å². The minimum Gasteiger partial charge on any atom is -0.495 e. The lowest BCUT2D eigenvalue weighted by Gasteiger charge is -2.35. The van der Waals surface area contributed by atoms with Crippen LogP contribution in [-0.4, -0.2) is 38.5 Å². The molecule has 112 valence electrons. The first-order valence-electron chi connectivity index (χ1n) is 6.47. The molecule has 0 radical (unpaired) electrons. The van der Waals surface area contributed by atoms with Gasteiger partial charge in [0, 0.05) is 29.7 Å². The molecule has 2 atom stereocenters. The van der Waals surface area contributed by atoms with Gasteiger partial charge < -0.3 is 10.5 Å². The lowest BCUT2D eigenvalue weighted by atomic mass is 10.0. The second-order valence-corrected chi connectivity index (χ2v) is 7.34. The Morgan fingerprint density at radius 2 is 2.15 bits per heavy atom. The molecule has 7 heteroatoms. The van der Waals surface area contributed by atoms with Crippen molar-refractivity contribution in [3.8, 4) is 5.75 Å². The van der Waals surface area contributed by atoms with Crippen LogP contribution in [0.3, 0.4) is 0 Å². The Kier molecular flexibility index (Phi) is 4.59. The number of hydrogen-bond donors (Lipinski definition) is 1. The number of ether oxygens (including phenoxy) is 1. The molecular weight excluding hydrogens is 300 g/mol. The zero-order valence-electron chi connectivity index (χ0n) is 11.5. The minimum absolute atomic E-state index is 0.0589. The fourth-order valence-electron chi connectivity index (χ4n) is 2.52. The molecule has 1 aliphatic rings. The average Bonchev–Trinajstić information content (AvgIpc) is 2.37. The highest BCUT2D eigenvalue weighted by Crippen LogP contribution is 2.32. The van der Waals surface area contributed by atoms with Crippen molar-refractivity contribution in [3.63, 3.8) is 0 Å². The molecule has 5 nitrogen and oxygen atoms in total. The quantitative estimate of drug-likeness (QED) is 0.923. The molecule has 0 spiro atoms. The maximum atomic E-state index is 12.8. The van der Waals surface area contributed by atoms with Gasteiger partial charge in [-0.25, -0.2) is 8.42 Å². The molecule has 2 rings (SSSR count). The second kappa shape index (κ2) is 5.89. The van der Waals surface area contributed by atoms with Gasteiger partial charge in [-0.1, -0.05) is 11.6 Å². The number of piperidine rings is 1. The molecule has 20 heavy (non-hydrogen) atoms. The Labute approximate surface area is 124 Å². The number of nitrogens with two attached hydrogens (primary N) is 1. The summed E-state index contributed by atoms with van der Waals surface area (Å²) in [5.41, 5.74) is 5.88. The van der Waals surface area contributed by atoms with Crippen molar-refractivity contribution in [1.29, 1.82) is 0 Å². The van der Waals surface area contributed by atoms with Crippen LogP contribution in [0.4, 0.5) is 0 Å². The first-order valence-corrected chi connectivity index (χ1v) is 8.29. The summed E-state index contributed by atoms with van der Waals surface area (Å²) in [4.78, 5) is 0.145. The van der Waals surface area contributed by atoms with Crippen LogP contribution in [0, 0.1) is 0 Å². The van der Waals surface area contributed by atoms with Gasteiger partial charge in [0.25, 0.3) is 0 Å². The summed E-state index contributed by atoms with van der Waals surface area (Å²) in [6.07, 6.45) is 1.33. The topological polar surface area (TPSA) is 72.6 Å². The van der Waals surface area contributed by atoms with Crippen LogP contribution in [0.5, 0.6) is 5.75 Å². The Balaban J connectivity index is 2.40. The van der Waals surface area contributed by atoms with E-state index < -0.39 is 10.0 Å². The molecule has 0 aliphatic carbocycles. The third kappa shape index (κ3) is 2.93. The Bertz CT molecular complexity index is 591. The molecule has 1 saturated heterocycles. The molecule has 0 bridgehead atoms. The molecule has 1 fully saturated rings. The van der Waals surface area contributed by atoms with Gasteiger partial charge in [-0.3, -0.25) is 0 Å². The molecule has 0 amide bonds. The monoisotopic (exact) mass is 318 g/mol. The molecule has 0 aromatic heterocycles. The first kappa shape index (κ1) is 15.6. The van der Waals surface area contributed by atoms with Gasteiger partial charge >= 0.3 is 0 Å². The number of rotatable bonds is 3. The van der Waals surface area contributed by atoms with Crippen LogP contribution in [0.2, 0.25) is 5.02 Å². The largest absolute Gasteiger partial charge is 0.495 e. The highest BCUT2D eigenvalue weighted by molar-refractivity contribution is 7.89. The SMILES string of the molecule is COc1cc(Cl)ccc1S(=O)(=O)N1CCC(N)CC1C. The third-order valence-corrected chi connectivity index (χ3v) is 5.86. The summed E-state index contributed by atoms with van der Waals surface area (Å²) in [7, 11) is -2.17. The molecule has 1 heterocycles. The van der Waals surface area contributed by atoms with Gasteiger partial charge in [0.1, 0.15) is 10.6 Å². The number of hydrogen-bond acceptors (Lipinski definition) is 4. The van der Waals surface area contributed by atoms with Crippen LogP contribution in [0.1, 0.15) is 19.8 Å². The number of halogens is 1. The fraction of sp³-hybridized carbons (Fsp3) is 0.538. The summed E-state index contributed by atoms with van der Waals surface area (Å²) < 4.78 is 32.1. The number of sulfonamides is 1. The van der Waals surface area contributed by atoms with Crippen molar-refractivity contribution in [2.45, 2.75) is 36.7 Å². The Hall–Kier alpha value is -0.820. The number of methoxy groups -OCH3 is 1. The standard InChI is InChI=1S/C13H19ClN2O3S/c1-9-7-11(15)5-6-16(9)20(17,18)13-4-3-10(14)8-12(13)19-2/h3-4,8-9,11H,5-7,15H2,1-2H3. The molecule has 1 aromatic rings. The van der Waals surface area contributed by atoms with E-state index in [1.807, 2.05) is 6.92 Å². The Morgan fingerprint density at radius 3 is 2.75 bits per heavy atom. The number of benzene rings is 1. The molecule has 1 aliphatic heterocycles. The minimum atomic E-state index is -3.60. The van der Waals surface area contributed by atoms with Crippen molar-refractivity contribution in [2.75, 3.05) is 13.7 Å². The number of nitrogens with zero attached hydrogens (tertiary/aromatic N) is 1. The zero-order valence-corrected chi connectivity index (χ0v) is 13.1. The molecule has 2 unspecified atom stereocenters. The third-order valence-electron chi connectivity index (χ3n) is 3.57. The van der Waals surface area contributed by atoms with Crippen LogP contribution in [0.25, 0.3) is 0 Å². The predicted octanol–water partition coefficient (Wildman–Crippen LogP) is 1.85. The van der Waals surface area contributed by atoms with Crippen LogP contribution in [-0.2, 0) is 10.0 Å². The summed E-state index contributed by atoms with van der Waals surface area (Å²) in [6.45, 7) is 2.30. The highest BCUT2D eigenvalue weighted by Gasteiger charge is 2.35. The Morgan fingerprint density at radius 1 is 1.45 bits per heavy atom. The molecule has 0 saturated carbocycles. The summed E-state index contributed by atoms with van der Waals surface area (Å²) in [6, 6.07) is 4.48. The van der Waals surface area contributed by atoms with Crippen LogP contribution in [0.15, 0.2) is 23.1 Å². The van der Waals surface area contributed by atoms with Crippen molar-refractivity contribution >= 4 is 21.6 Å². The normalized spacial score (nSPS) is 24.6. The van der Waals surface area contributed by atoms with Crippen LogP contribution >= 0.6 is 11.6 Å². The lowest BCUT2D eigenvalue weighted by Crippen LogP contribution is -2.48. The van der Waals surface area contributed by atoms with E-state index >= 15 is 0 Å². The lowest BCUT2D eigenvalue weighted by molar-refractivity contribution is 0.246. The van der Waals surface area contributed by atoms with Crippen molar-refractivity contribution in [2.24, 2.45) is 5.73 Å². The van der Waals surface area contributed by atoms with Gasteiger partial charge in [0.15, 0.2) is 0 Å². The fourth-order valence-corrected chi connectivity index (χ4v) is 4.48. The van der Waals surface area contributed by atoms with Gasteiger partial charge in [-0.2, -0.15) is 4.31 Å². The van der Waals surface area contributed by atoms with E-state index in [0.29, 0.717) is 24.4 Å². The molecule has 2 N–H and O–H groups in total. The van der Waals surface area contributed by atoms with E-state index in [4.69, 9.17) is 22.1 Å².